The predicted molar refractivity (Wildman–Crippen MR) is 104 cm³/mol. The van der Waals surface area contributed by atoms with Gasteiger partial charge in [0.1, 0.15) is 12.2 Å². The van der Waals surface area contributed by atoms with E-state index in [1.165, 1.54) is 0 Å². The summed E-state index contributed by atoms with van der Waals surface area (Å²) in [5.74, 6) is 0.171. The van der Waals surface area contributed by atoms with Gasteiger partial charge in [-0.25, -0.2) is 6.57 Å². The molecule has 3 aliphatic rings. The van der Waals surface area contributed by atoms with Gasteiger partial charge in [0.15, 0.2) is 8.38 Å². The van der Waals surface area contributed by atoms with E-state index in [-0.39, 0.29) is 29.6 Å². The van der Waals surface area contributed by atoms with Crippen LogP contribution >= 0.6 is 20.6 Å². The number of amides is 1. The lowest BCUT2D eigenvalue weighted by molar-refractivity contribution is -0.116. The summed E-state index contributed by atoms with van der Waals surface area (Å²) in [5.41, 5.74) is 0.314. The molecule has 1 saturated heterocycles. The fraction of sp³-hybridized carbons (Fsp3) is 0.722. The molecule has 1 N–H and O–H groups in total. The van der Waals surface area contributed by atoms with E-state index < -0.39 is 8.38 Å². The largest absolute Gasteiger partial charge is 0.371 e. The second kappa shape index (κ2) is 8.00. The van der Waals surface area contributed by atoms with Crippen molar-refractivity contribution in [2.45, 2.75) is 50.9 Å². The third kappa shape index (κ3) is 3.85. The summed E-state index contributed by atoms with van der Waals surface area (Å²) in [4.78, 5) is 15.6. The van der Waals surface area contributed by atoms with Gasteiger partial charge in [0.2, 0.25) is 6.54 Å². The SMILES string of the molecule is [C-]#[N+]CCOP(C)O[C@]12CC[C@@H](C)[C@H]1O[C@@H](C1C=C(C)C(=O)NC1=S)C2. The maximum atomic E-state index is 11.8. The van der Waals surface area contributed by atoms with E-state index in [9.17, 15) is 4.79 Å². The van der Waals surface area contributed by atoms with E-state index in [1.54, 1.807) is 6.92 Å². The van der Waals surface area contributed by atoms with Crippen LogP contribution in [0.25, 0.3) is 4.85 Å². The van der Waals surface area contributed by atoms with Crippen molar-refractivity contribution < 1.29 is 18.6 Å². The van der Waals surface area contributed by atoms with Gasteiger partial charge in [-0.1, -0.05) is 25.2 Å². The second-order valence-corrected chi connectivity index (χ2v) is 9.08. The lowest BCUT2D eigenvalue weighted by Crippen LogP contribution is -2.43. The van der Waals surface area contributed by atoms with Crippen LogP contribution in [0.3, 0.4) is 0 Å². The molecule has 26 heavy (non-hydrogen) atoms. The van der Waals surface area contributed by atoms with Crippen molar-refractivity contribution in [1.29, 1.82) is 0 Å². The standard InChI is InChI=1S/C18H25N2O4PS/c1-11-5-6-18(24-25(4)22-8-7-19-3)10-14(23-15(11)18)13-9-12(2)16(21)20-17(13)26/h9,11,13-15H,5-8,10H2,1-2,4H3,(H,20,21,26)/t11-,13?,14-,15-,18+,25?/m1/s1. The van der Waals surface area contributed by atoms with E-state index in [4.69, 9.17) is 32.6 Å². The molecule has 0 bridgehead atoms. The first kappa shape index (κ1) is 19.9. The molecule has 6 nitrogen and oxygen atoms in total. The number of thiocarbonyl (C=S) groups is 1. The smallest absolute Gasteiger partial charge is 0.251 e. The van der Waals surface area contributed by atoms with Gasteiger partial charge in [0, 0.05) is 18.7 Å². The Kier molecular flexibility index (Phi) is 6.11. The first-order valence-electron chi connectivity index (χ1n) is 8.94. The van der Waals surface area contributed by atoms with E-state index in [2.05, 4.69) is 17.1 Å². The normalized spacial score (nSPS) is 37.7. The fourth-order valence-corrected chi connectivity index (χ4v) is 5.66. The summed E-state index contributed by atoms with van der Waals surface area (Å²) in [5, 5.41) is 2.78. The number of fused-ring (bicyclic) bond motifs is 1. The van der Waals surface area contributed by atoms with E-state index in [1.807, 2.05) is 12.7 Å². The van der Waals surface area contributed by atoms with Crippen LogP contribution in [0.2, 0.25) is 0 Å². The highest BCUT2D eigenvalue weighted by Gasteiger charge is 2.58. The highest BCUT2D eigenvalue weighted by atomic mass is 32.1. The molecule has 0 spiro atoms. The Morgan fingerprint density at radius 2 is 2.35 bits per heavy atom. The molecule has 142 valence electrons. The summed E-state index contributed by atoms with van der Waals surface area (Å²) >= 11 is 5.40. The minimum atomic E-state index is -1.07. The average Bonchev–Trinajstić information content (AvgIpc) is 3.08. The van der Waals surface area contributed by atoms with Gasteiger partial charge in [0.05, 0.1) is 23.1 Å². The average molecular weight is 396 g/mol. The molecule has 8 heteroatoms. The van der Waals surface area contributed by atoms with Crippen molar-refractivity contribution in [1.82, 2.24) is 5.32 Å². The maximum Gasteiger partial charge on any atom is 0.251 e. The highest BCUT2D eigenvalue weighted by molar-refractivity contribution is 7.80. The third-order valence-corrected chi connectivity index (χ3v) is 6.98. The highest BCUT2D eigenvalue weighted by Crippen LogP contribution is 2.55. The van der Waals surface area contributed by atoms with Gasteiger partial charge in [-0.3, -0.25) is 4.79 Å². The lowest BCUT2D eigenvalue weighted by atomic mass is 9.88. The van der Waals surface area contributed by atoms with Crippen LogP contribution in [0.5, 0.6) is 0 Å². The molecule has 0 aromatic heterocycles. The molecule has 1 aliphatic carbocycles. The predicted octanol–water partition coefficient (Wildman–Crippen LogP) is 3.23. The van der Waals surface area contributed by atoms with Gasteiger partial charge in [-0.2, -0.15) is 0 Å². The molecule has 1 saturated carbocycles. The van der Waals surface area contributed by atoms with E-state index >= 15 is 0 Å². The number of ether oxygens (including phenoxy) is 1. The molecule has 2 heterocycles. The van der Waals surface area contributed by atoms with Crippen LogP contribution in [-0.4, -0.2) is 48.5 Å². The molecule has 2 fully saturated rings. The summed E-state index contributed by atoms with van der Waals surface area (Å²) in [6, 6.07) is 0. The third-order valence-electron chi connectivity index (χ3n) is 5.44. The van der Waals surface area contributed by atoms with Crippen molar-refractivity contribution in [3.05, 3.63) is 23.1 Å². The number of nitrogens with one attached hydrogen (secondary N) is 1. The number of carbonyl (C=O) groups is 1. The monoisotopic (exact) mass is 396 g/mol. The van der Waals surface area contributed by atoms with E-state index in [0.717, 1.165) is 19.3 Å². The van der Waals surface area contributed by atoms with Crippen LogP contribution in [0.15, 0.2) is 11.6 Å². The molecule has 6 atom stereocenters. The Morgan fingerprint density at radius 3 is 3.08 bits per heavy atom. The van der Waals surface area contributed by atoms with Crippen molar-refractivity contribution in [2.75, 3.05) is 19.8 Å². The summed E-state index contributed by atoms with van der Waals surface area (Å²) in [6.45, 7) is 13.5. The van der Waals surface area contributed by atoms with Gasteiger partial charge in [-0.15, -0.1) is 0 Å². The van der Waals surface area contributed by atoms with Gasteiger partial charge in [0.25, 0.3) is 5.91 Å². The van der Waals surface area contributed by atoms with Crippen LogP contribution in [0, 0.1) is 18.4 Å². The molecule has 0 aromatic rings. The van der Waals surface area contributed by atoms with Crippen LogP contribution in [-0.2, 0) is 18.6 Å². The number of hydrogen-bond acceptors (Lipinski definition) is 5. The van der Waals surface area contributed by atoms with Gasteiger partial charge < -0.3 is 23.9 Å². The number of hydrogen-bond donors (Lipinski definition) is 1. The summed E-state index contributed by atoms with van der Waals surface area (Å²) in [7, 11) is -1.07. The number of rotatable bonds is 6. The number of carbonyl (C=O) groups excluding carboxylic acids is 1. The summed E-state index contributed by atoms with van der Waals surface area (Å²) in [6.07, 6.45) is 4.57. The molecular weight excluding hydrogens is 371 g/mol. The van der Waals surface area contributed by atoms with Gasteiger partial charge in [-0.05, 0) is 25.7 Å². The Balaban J connectivity index is 1.73. The quantitative estimate of drug-likeness (QED) is 0.323. The van der Waals surface area contributed by atoms with Crippen molar-refractivity contribution >= 4 is 31.5 Å². The first-order valence-corrected chi connectivity index (χ1v) is 11.0. The topological polar surface area (TPSA) is 61.1 Å². The van der Waals surface area contributed by atoms with Crippen molar-refractivity contribution in [3.8, 4) is 0 Å². The Morgan fingerprint density at radius 1 is 1.58 bits per heavy atom. The van der Waals surface area contributed by atoms with Crippen molar-refractivity contribution in [3.63, 3.8) is 0 Å². The Labute approximate surface area is 161 Å². The first-order chi connectivity index (χ1) is 12.4. The second-order valence-electron chi connectivity index (χ2n) is 7.32. The minimum absolute atomic E-state index is 0.0102. The van der Waals surface area contributed by atoms with Crippen molar-refractivity contribution in [2.24, 2.45) is 11.8 Å². The zero-order valence-corrected chi connectivity index (χ0v) is 17.1. The molecule has 2 unspecified atom stereocenters. The van der Waals surface area contributed by atoms with Crippen LogP contribution < -0.4 is 5.32 Å². The molecule has 0 aromatic carbocycles. The molecule has 2 aliphatic heterocycles. The Hall–Kier alpha value is -0.900. The molecule has 0 radical (unpaired) electrons. The lowest BCUT2D eigenvalue weighted by Gasteiger charge is -2.31. The van der Waals surface area contributed by atoms with Gasteiger partial charge >= 0.3 is 0 Å². The zero-order valence-electron chi connectivity index (χ0n) is 15.4. The maximum absolute atomic E-state index is 11.8. The fourth-order valence-electron chi connectivity index (χ4n) is 4.17. The van der Waals surface area contributed by atoms with E-state index in [0.29, 0.717) is 29.6 Å². The number of nitrogens with zero attached hydrogens (tertiary/aromatic N) is 1. The zero-order chi connectivity index (χ0) is 18.9. The Bertz CT molecular complexity index is 664. The van der Waals surface area contributed by atoms with Crippen LogP contribution in [0.4, 0.5) is 0 Å². The molecule has 3 rings (SSSR count). The van der Waals surface area contributed by atoms with Crippen LogP contribution in [0.1, 0.15) is 33.1 Å². The minimum Gasteiger partial charge on any atom is -0.371 e. The molecular formula is C18H25N2O4PS. The molecule has 1 amide bonds. The summed E-state index contributed by atoms with van der Waals surface area (Å²) < 4.78 is 18.5.